The molecule has 4 aliphatic heterocycles. The fourth-order valence-electron chi connectivity index (χ4n) is 11.8. The molecule has 18 nitrogen and oxygen atoms in total. The Morgan fingerprint density at radius 2 is 0.905 bits per heavy atom. The number of hydrogen-bond donors (Lipinski definition) is 4. The summed E-state index contributed by atoms with van der Waals surface area (Å²) >= 11 is 0. The van der Waals surface area contributed by atoms with E-state index in [0.29, 0.717) is 38.8 Å². The maximum absolute atomic E-state index is 13.8. The molecule has 0 spiro atoms. The minimum Gasteiger partial charge on any atom is -0.464 e. The molecule has 4 heterocycles. The molecule has 0 aromatic heterocycles. The molecule has 4 N–H and O–H groups in total. The van der Waals surface area contributed by atoms with Gasteiger partial charge in [0.25, 0.3) is 0 Å². The maximum Gasteiger partial charge on any atom is 0.408 e. The van der Waals surface area contributed by atoms with Crippen LogP contribution >= 0.6 is 0 Å². The lowest BCUT2D eigenvalue weighted by molar-refractivity contribution is -0.149. The van der Waals surface area contributed by atoms with Crippen molar-refractivity contribution in [2.75, 3.05) is 26.3 Å². The van der Waals surface area contributed by atoms with Gasteiger partial charge >= 0.3 is 24.1 Å². The Morgan fingerprint density at radius 3 is 1.30 bits per heavy atom. The number of alkyl carbamates (subject to hydrolysis) is 2. The molecule has 5 fully saturated rings. The van der Waals surface area contributed by atoms with Crippen molar-refractivity contribution in [1.29, 1.82) is 0 Å². The molecule has 2 aliphatic carbocycles. The maximum atomic E-state index is 13.8. The second-order valence-electron chi connectivity index (χ2n) is 24.5. The summed E-state index contributed by atoms with van der Waals surface area (Å²) < 4.78 is 21.3. The van der Waals surface area contributed by atoms with Crippen LogP contribution in [0.5, 0.6) is 0 Å². The number of rotatable bonds is 6. The van der Waals surface area contributed by atoms with Gasteiger partial charge in [0.05, 0.1) is 13.2 Å². The average molecular weight is 1040 g/mol. The highest BCUT2D eigenvalue weighted by atomic mass is 16.6. The Kier molecular flexibility index (Phi) is 20.9. The summed E-state index contributed by atoms with van der Waals surface area (Å²) in [7, 11) is 0. The summed E-state index contributed by atoms with van der Waals surface area (Å²) in [6, 6.07) is -4.42. The third-order valence-corrected chi connectivity index (χ3v) is 15.9. The van der Waals surface area contributed by atoms with Gasteiger partial charge in [-0.05, 0) is 141 Å². The predicted octanol–water partition coefficient (Wildman–Crippen LogP) is 7.65. The molecule has 6 amide bonds. The van der Waals surface area contributed by atoms with E-state index >= 15 is 0 Å². The van der Waals surface area contributed by atoms with Gasteiger partial charge in [0, 0.05) is 13.1 Å². The largest absolute Gasteiger partial charge is 0.464 e. The first kappa shape index (κ1) is 60.0. The van der Waals surface area contributed by atoms with Crippen molar-refractivity contribution in [2.45, 2.75) is 233 Å². The summed E-state index contributed by atoms with van der Waals surface area (Å²) in [5.41, 5.74) is -1.52. The quantitative estimate of drug-likeness (QED) is 0.114. The van der Waals surface area contributed by atoms with Crippen molar-refractivity contribution in [1.82, 2.24) is 31.1 Å². The van der Waals surface area contributed by atoms with E-state index in [-0.39, 0.29) is 71.3 Å². The minimum absolute atomic E-state index is 0.00305. The Balaban J connectivity index is 0.000000274. The summed E-state index contributed by atoms with van der Waals surface area (Å²) in [4.78, 5) is 109. The number of ether oxygens (including phenoxy) is 4. The number of carbonyl (C=O) groups is 8. The fourth-order valence-corrected chi connectivity index (χ4v) is 11.8. The summed E-state index contributed by atoms with van der Waals surface area (Å²) in [6.45, 7) is 24.0. The molecule has 418 valence electrons. The smallest absolute Gasteiger partial charge is 0.408 e. The van der Waals surface area contributed by atoms with Crippen molar-refractivity contribution >= 4 is 47.8 Å². The fraction of sp³-hybridized carbons (Fsp3) is 0.821. The third kappa shape index (κ3) is 16.1. The lowest BCUT2D eigenvalue weighted by atomic mass is 9.97. The zero-order valence-electron chi connectivity index (χ0n) is 46.9. The molecule has 3 saturated heterocycles. The van der Waals surface area contributed by atoms with Crippen molar-refractivity contribution in [3.05, 3.63) is 12.2 Å². The number of piperidine rings is 2. The van der Waals surface area contributed by atoms with Crippen LogP contribution in [0.15, 0.2) is 12.2 Å². The van der Waals surface area contributed by atoms with Gasteiger partial charge in [-0.3, -0.25) is 19.2 Å². The number of carbonyl (C=O) groups excluding carboxylic acids is 8. The Hall–Kier alpha value is -4.90. The SMILES string of the molecule is CCOC(=O)[C@@H]1CCCC/C=C/CCC[C@H](NC(=O)OC(C)(C)C)C(=O)N2C[C@H]3[C@@H]([C@H]2C(=O)N1)C3(C)C.CCOC(=O)[C@@H]1CCCCCCCCC[C@H](NC(=O)OC(C)(C)C)C(=O)N2C[C@H]3[C@@H]([C@H]2C(=O)N1)C3(C)C. The van der Waals surface area contributed by atoms with Crippen LogP contribution in [0.2, 0.25) is 0 Å². The van der Waals surface area contributed by atoms with Gasteiger partial charge in [-0.1, -0.05) is 91.2 Å². The third-order valence-electron chi connectivity index (χ3n) is 15.9. The van der Waals surface area contributed by atoms with Gasteiger partial charge in [-0.2, -0.15) is 0 Å². The number of amides is 6. The van der Waals surface area contributed by atoms with Crippen molar-refractivity contribution < 1.29 is 57.3 Å². The zero-order chi connectivity index (χ0) is 54.8. The van der Waals surface area contributed by atoms with E-state index in [4.69, 9.17) is 18.9 Å². The van der Waals surface area contributed by atoms with Crippen LogP contribution in [0.1, 0.15) is 186 Å². The van der Waals surface area contributed by atoms with E-state index in [1.165, 1.54) is 0 Å². The molecular formula is C56H92N6O12. The van der Waals surface area contributed by atoms with Gasteiger partial charge in [0.1, 0.15) is 47.5 Å². The first-order chi connectivity index (χ1) is 34.7. The topological polar surface area (TPSA) is 228 Å². The standard InChI is InChI=1S/C28H47N3O6.C28H45N3O6/c2*1-7-36-25(34)20-16-14-12-10-8-9-11-13-15-19(30-26(35)37-27(2,3)4)24(33)31-17-18-21(28(18,5)6)22(31)23(32)29-20/h18-22H,7-17H2,1-6H3,(H,29,32)(H,30,35);8-9,18-22H,7,10-17H2,1-6H3,(H,29,32)(H,30,35)/b;9-8+/t2*18-,19-,20-,21-,22-/m00/s1. The van der Waals surface area contributed by atoms with E-state index in [1.54, 1.807) is 65.2 Å². The van der Waals surface area contributed by atoms with Gasteiger partial charge in [-0.25, -0.2) is 19.2 Å². The molecule has 6 rings (SSSR count). The highest BCUT2D eigenvalue weighted by Crippen LogP contribution is 2.66. The van der Waals surface area contributed by atoms with Crippen LogP contribution in [0.25, 0.3) is 0 Å². The molecule has 18 heteroatoms. The number of esters is 2. The Bertz CT molecular complexity index is 2030. The zero-order valence-corrected chi connectivity index (χ0v) is 46.9. The first-order valence-electron chi connectivity index (χ1n) is 27.9. The molecule has 0 bridgehead atoms. The molecule has 0 aromatic carbocycles. The molecule has 0 radical (unpaired) electrons. The number of nitrogens with one attached hydrogen (secondary N) is 4. The monoisotopic (exact) mass is 1040 g/mol. The van der Waals surface area contributed by atoms with Gasteiger partial charge in [0.2, 0.25) is 23.6 Å². The highest BCUT2D eigenvalue weighted by molar-refractivity contribution is 5.96. The van der Waals surface area contributed by atoms with Crippen molar-refractivity contribution in [2.24, 2.45) is 34.5 Å². The van der Waals surface area contributed by atoms with Crippen LogP contribution < -0.4 is 21.3 Å². The molecule has 10 atom stereocenters. The van der Waals surface area contributed by atoms with E-state index in [1.807, 2.05) is 0 Å². The molecule has 74 heavy (non-hydrogen) atoms. The van der Waals surface area contributed by atoms with Crippen LogP contribution in [0.3, 0.4) is 0 Å². The minimum atomic E-state index is -0.798. The summed E-state index contributed by atoms with van der Waals surface area (Å²) in [5, 5.41) is 11.4. The van der Waals surface area contributed by atoms with E-state index in [0.717, 1.165) is 77.0 Å². The Morgan fingerprint density at radius 1 is 0.554 bits per heavy atom. The second-order valence-corrected chi connectivity index (χ2v) is 24.5. The van der Waals surface area contributed by atoms with Crippen LogP contribution in [0.4, 0.5) is 9.59 Å². The normalized spacial score (nSPS) is 31.2. The number of allylic oxidation sites excluding steroid dienone is 2. The number of fused-ring (bicyclic) bond motifs is 6. The van der Waals surface area contributed by atoms with E-state index in [2.05, 4.69) is 61.1 Å². The highest BCUT2D eigenvalue weighted by Gasteiger charge is 2.71. The molecule has 0 unspecified atom stereocenters. The summed E-state index contributed by atoms with van der Waals surface area (Å²) in [5.74, 6) is -1.63. The summed E-state index contributed by atoms with van der Waals surface area (Å²) in [6.07, 6.45) is 15.7. The second kappa shape index (κ2) is 25.8. The van der Waals surface area contributed by atoms with E-state index in [9.17, 15) is 38.4 Å². The number of hydrogen-bond acceptors (Lipinski definition) is 12. The molecular weight excluding hydrogens is 949 g/mol. The van der Waals surface area contributed by atoms with Gasteiger partial charge < -0.3 is 50.0 Å². The lowest BCUT2D eigenvalue weighted by Gasteiger charge is -2.34. The van der Waals surface area contributed by atoms with Gasteiger partial charge in [0.15, 0.2) is 0 Å². The van der Waals surface area contributed by atoms with Crippen molar-refractivity contribution in [3.8, 4) is 0 Å². The molecule has 0 aromatic rings. The van der Waals surface area contributed by atoms with Crippen LogP contribution in [-0.2, 0) is 47.7 Å². The van der Waals surface area contributed by atoms with Crippen LogP contribution in [0, 0.1) is 34.5 Å². The first-order valence-corrected chi connectivity index (χ1v) is 27.9. The Labute approximate surface area is 441 Å². The lowest BCUT2D eigenvalue weighted by Crippen LogP contribution is -2.57. The van der Waals surface area contributed by atoms with E-state index < -0.39 is 71.6 Å². The molecule has 2 saturated carbocycles. The average Bonchev–Trinajstić information content (AvgIpc) is 3.74. The van der Waals surface area contributed by atoms with Crippen LogP contribution in [-0.4, -0.2) is 131 Å². The number of nitrogens with zero attached hydrogens (tertiary/aromatic N) is 2. The predicted molar refractivity (Wildman–Crippen MR) is 279 cm³/mol. The van der Waals surface area contributed by atoms with Gasteiger partial charge in [-0.15, -0.1) is 0 Å². The molecule has 6 aliphatic rings. The van der Waals surface area contributed by atoms with Crippen molar-refractivity contribution in [3.63, 3.8) is 0 Å².